The molecule has 68 valence electrons. The van der Waals surface area contributed by atoms with Gasteiger partial charge in [-0.2, -0.15) is 4.98 Å². The molecule has 13 heavy (non-hydrogen) atoms. The summed E-state index contributed by atoms with van der Waals surface area (Å²) in [6, 6.07) is 3.80. The number of hydrogen-bond donors (Lipinski definition) is 0. The molecule has 2 aromatic rings. The Labute approximate surface area is 76.2 Å². The van der Waals surface area contributed by atoms with Crippen molar-refractivity contribution in [2.24, 2.45) is 7.05 Å². The largest absolute Gasteiger partial charge is 0.481 e. The van der Waals surface area contributed by atoms with Crippen molar-refractivity contribution in [2.45, 2.75) is 6.92 Å². The molecule has 0 atom stereocenters. The molecule has 2 aromatic heterocycles. The number of hydrogen-bond acceptors (Lipinski definition) is 3. The molecule has 0 aliphatic carbocycles. The highest BCUT2D eigenvalue weighted by molar-refractivity contribution is 5.72. The van der Waals surface area contributed by atoms with Crippen LogP contribution in [0.4, 0.5) is 0 Å². The van der Waals surface area contributed by atoms with Crippen molar-refractivity contribution in [2.75, 3.05) is 7.11 Å². The summed E-state index contributed by atoms with van der Waals surface area (Å²) in [5.41, 5.74) is 1.76. The van der Waals surface area contributed by atoms with Gasteiger partial charge in [0.1, 0.15) is 5.82 Å². The van der Waals surface area contributed by atoms with Gasteiger partial charge in [-0.25, -0.2) is 4.98 Å². The minimum atomic E-state index is 0.602. The fourth-order valence-corrected chi connectivity index (χ4v) is 1.28. The molecule has 0 saturated heterocycles. The van der Waals surface area contributed by atoms with Crippen LogP contribution in [-0.4, -0.2) is 21.6 Å². The molecule has 0 aliphatic heterocycles. The van der Waals surface area contributed by atoms with Gasteiger partial charge in [-0.15, -0.1) is 0 Å². The van der Waals surface area contributed by atoms with E-state index in [4.69, 9.17) is 4.74 Å². The third-order valence-corrected chi connectivity index (χ3v) is 2.15. The molecule has 0 fully saturated rings. The lowest BCUT2D eigenvalue weighted by molar-refractivity contribution is 0.399. The Kier molecular flexibility index (Phi) is 1.69. The van der Waals surface area contributed by atoms with Gasteiger partial charge >= 0.3 is 0 Å². The quantitative estimate of drug-likeness (QED) is 0.658. The van der Waals surface area contributed by atoms with Gasteiger partial charge in [-0.1, -0.05) is 0 Å². The summed E-state index contributed by atoms with van der Waals surface area (Å²) in [6.07, 6.45) is 0. The first kappa shape index (κ1) is 8.04. The second-order valence-electron chi connectivity index (χ2n) is 2.91. The summed E-state index contributed by atoms with van der Waals surface area (Å²) >= 11 is 0. The van der Waals surface area contributed by atoms with Crippen LogP contribution in [0.3, 0.4) is 0 Å². The lowest BCUT2D eigenvalue weighted by Crippen LogP contribution is -1.90. The number of rotatable bonds is 1. The molecule has 0 aliphatic rings. The summed E-state index contributed by atoms with van der Waals surface area (Å²) in [5.74, 6) is 1.56. The van der Waals surface area contributed by atoms with Crippen LogP contribution in [0.5, 0.6) is 5.88 Å². The molecule has 2 heterocycles. The molecular weight excluding hydrogens is 166 g/mol. The van der Waals surface area contributed by atoms with E-state index < -0.39 is 0 Å². The number of fused-ring (bicyclic) bond motifs is 1. The summed E-state index contributed by atoms with van der Waals surface area (Å²) in [4.78, 5) is 8.51. The van der Waals surface area contributed by atoms with Crippen LogP contribution < -0.4 is 4.74 Å². The summed E-state index contributed by atoms with van der Waals surface area (Å²) < 4.78 is 7.01. The van der Waals surface area contributed by atoms with Crippen LogP contribution in [0.1, 0.15) is 5.82 Å². The number of aryl methyl sites for hydroxylation is 2. The van der Waals surface area contributed by atoms with Crippen molar-refractivity contribution < 1.29 is 4.74 Å². The van der Waals surface area contributed by atoms with Gasteiger partial charge in [-0.3, -0.25) is 0 Å². The molecule has 0 saturated carbocycles. The van der Waals surface area contributed by atoms with Gasteiger partial charge in [0.15, 0.2) is 5.65 Å². The van der Waals surface area contributed by atoms with Crippen LogP contribution in [0.15, 0.2) is 12.1 Å². The number of pyridine rings is 1. The summed E-state index contributed by atoms with van der Waals surface area (Å²) in [5, 5.41) is 0. The van der Waals surface area contributed by atoms with Crippen molar-refractivity contribution in [3.05, 3.63) is 18.0 Å². The SMILES string of the molecule is COc1ccc2c(n1)nc(C)n2C. The molecular formula is C9H11N3O. The standard InChI is InChI=1S/C9H11N3O/c1-6-10-9-7(12(6)2)4-5-8(11-9)13-3/h4-5H,1-3H3. The molecule has 4 heteroatoms. The van der Waals surface area contributed by atoms with Crippen molar-refractivity contribution in [3.8, 4) is 5.88 Å². The first-order valence-corrected chi connectivity index (χ1v) is 4.06. The van der Waals surface area contributed by atoms with E-state index in [1.165, 1.54) is 0 Å². The van der Waals surface area contributed by atoms with E-state index in [1.807, 2.05) is 30.7 Å². The maximum atomic E-state index is 5.01. The number of ether oxygens (including phenoxy) is 1. The van der Waals surface area contributed by atoms with Gasteiger partial charge in [0.05, 0.1) is 12.6 Å². The zero-order valence-electron chi connectivity index (χ0n) is 7.90. The Balaban J connectivity index is 2.73. The van der Waals surface area contributed by atoms with Crippen LogP contribution >= 0.6 is 0 Å². The van der Waals surface area contributed by atoms with Gasteiger partial charge < -0.3 is 9.30 Å². The average molecular weight is 177 g/mol. The first-order chi connectivity index (χ1) is 6.22. The van der Waals surface area contributed by atoms with Gasteiger partial charge in [0.2, 0.25) is 5.88 Å². The molecule has 2 rings (SSSR count). The number of aromatic nitrogens is 3. The Hall–Kier alpha value is -1.58. The number of nitrogens with zero attached hydrogens (tertiary/aromatic N) is 3. The van der Waals surface area contributed by atoms with E-state index in [2.05, 4.69) is 9.97 Å². The highest BCUT2D eigenvalue weighted by atomic mass is 16.5. The molecule has 4 nitrogen and oxygen atoms in total. The monoisotopic (exact) mass is 177 g/mol. The predicted molar refractivity (Wildman–Crippen MR) is 49.8 cm³/mol. The normalized spacial score (nSPS) is 10.7. The lowest BCUT2D eigenvalue weighted by Gasteiger charge is -1.97. The fraction of sp³-hybridized carbons (Fsp3) is 0.333. The zero-order valence-corrected chi connectivity index (χ0v) is 7.90. The van der Waals surface area contributed by atoms with Gasteiger partial charge in [-0.05, 0) is 13.0 Å². The molecule has 0 amide bonds. The van der Waals surface area contributed by atoms with E-state index in [0.717, 1.165) is 17.0 Å². The van der Waals surface area contributed by atoms with Crippen LogP contribution in [0, 0.1) is 6.92 Å². The Morgan fingerprint density at radius 1 is 1.31 bits per heavy atom. The minimum absolute atomic E-state index is 0.602. The topological polar surface area (TPSA) is 39.9 Å². The van der Waals surface area contributed by atoms with Crippen molar-refractivity contribution in [1.29, 1.82) is 0 Å². The number of methoxy groups -OCH3 is 1. The molecule has 0 aromatic carbocycles. The second-order valence-corrected chi connectivity index (χ2v) is 2.91. The number of imidazole rings is 1. The zero-order chi connectivity index (χ0) is 9.42. The fourth-order valence-electron chi connectivity index (χ4n) is 1.28. The van der Waals surface area contributed by atoms with Crippen molar-refractivity contribution in [1.82, 2.24) is 14.5 Å². The highest BCUT2D eigenvalue weighted by Crippen LogP contribution is 2.15. The minimum Gasteiger partial charge on any atom is -0.481 e. The van der Waals surface area contributed by atoms with E-state index >= 15 is 0 Å². The van der Waals surface area contributed by atoms with Crippen LogP contribution in [0.25, 0.3) is 11.2 Å². The second kappa shape index (κ2) is 2.73. The maximum Gasteiger partial charge on any atom is 0.215 e. The molecule has 0 bridgehead atoms. The Morgan fingerprint density at radius 2 is 2.08 bits per heavy atom. The predicted octanol–water partition coefficient (Wildman–Crippen LogP) is 1.29. The van der Waals surface area contributed by atoms with E-state index in [-0.39, 0.29) is 0 Å². The highest BCUT2D eigenvalue weighted by Gasteiger charge is 2.05. The molecule has 0 unspecified atom stereocenters. The van der Waals surface area contributed by atoms with Gasteiger partial charge in [0, 0.05) is 13.1 Å². The third-order valence-electron chi connectivity index (χ3n) is 2.15. The molecule has 0 spiro atoms. The molecule has 0 N–H and O–H groups in total. The average Bonchev–Trinajstić information content (AvgIpc) is 2.42. The third kappa shape index (κ3) is 1.14. The Morgan fingerprint density at radius 3 is 2.77 bits per heavy atom. The molecule has 0 radical (unpaired) electrons. The van der Waals surface area contributed by atoms with Gasteiger partial charge in [0.25, 0.3) is 0 Å². The summed E-state index contributed by atoms with van der Waals surface area (Å²) in [7, 11) is 3.57. The van der Waals surface area contributed by atoms with Crippen molar-refractivity contribution >= 4 is 11.2 Å². The van der Waals surface area contributed by atoms with E-state index in [9.17, 15) is 0 Å². The van der Waals surface area contributed by atoms with E-state index in [1.54, 1.807) is 7.11 Å². The first-order valence-electron chi connectivity index (χ1n) is 4.06. The maximum absolute atomic E-state index is 5.01. The lowest BCUT2D eigenvalue weighted by atomic mass is 10.4. The van der Waals surface area contributed by atoms with Crippen LogP contribution in [0.2, 0.25) is 0 Å². The van der Waals surface area contributed by atoms with Crippen LogP contribution in [-0.2, 0) is 7.05 Å². The smallest absolute Gasteiger partial charge is 0.215 e. The summed E-state index contributed by atoms with van der Waals surface area (Å²) in [6.45, 7) is 1.95. The Bertz CT molecular complexity index is 447. The van der Waals surface area contributed by atoms with Crippen molar-refractivity contribution in [3.63, 3.8) is 0 Å². The van der Waals surface area contributed by atoms with E-state index in [0.29, 0.717) is 5.88 Å².